The van der Waals surface area contributed by atoms with Crippen molar-refractivity contribution in [1.82, 2.24) is 5.32 Å². The van der Waals surface area contributed by atoms with Crippen LogP contribution in [0.1, 0.15) is 18.4 Å². The first-order valence-corrected chi connectivity index (χ1v) is 6.85. The van der Waals surface area contributed by atoms with Crippen molar-refractivity contribution in [2.45, 2.75) is 12.8 Å². The van der Waals surface area contributed by atoms with Crippen LogP contribution in [0, 0.1) is 5.82 Å². The van der Waals surface area contributed by atoms with Gasteiger partial charge in [-0.2, -0.15) is 0 Å². The highest BCUT2D eigenvalue weighted by Gasteiger charge is 2.08. The van der Waals surface area contributed by atoms with Crippen LogP contribution in [0.25, 0.3) is 0 Å². The Labute approximate surface area is 123 Å². The molecule has 1 atom stereocenters. The van der Waals surface area contributed by atoms with Gasteiger partial charge in [-0.25, -0.2) is 4.39 Å². The summed E-state index contributed by atoms with van der Waals surface area (Å²) in [5.41, 5.74) is 0.987. The largest absolute Gasteiger partial charge is 0.484 e. The first-order valence-electron chi connectivity index (χ1n) is 6.85. The van der Waals surface area contributed by atoms with Crippen molar-refractivity contribution in [3.8, 4) is 5.75 Å². The summed E-state index contributed by atoms with van der Waals surface area (Å²) in [5, 5.41) is 2.81. The molecule has 0 saturated carbocycles. The molecule has 0 aromatic heterocycles. The minimum Gasteiger partial charge on any atom is -0.484 e. The van der Waals surface area contributed by atoms with Gasteiger partial charge in [0.25, 0.3) is 5.91 Å². The number of ether oxygens (including phenoxy) is 1. The predicted molar refractivity (Wildman–Crippen MR) is 79.8 cm³/mol. The Bertz CT molecular complexity index is 569. The maximum atomic E-state index is 12.8. The second-order valence-electron chi connectivity index (χ2n) is 4.86. The van der Waals surface area contributed by atoms with Crippen molar-refractivity contribution in [3.63, 3.8) is 0 Å². The molecule has 0 saturated heterocycles. The van der Waals surface area contributed by atoms with Gasteiger partial charge in [-0.05, 0) is 35.7 Å². The van der Waals surface area contributed by atoms with Crippen molar-refractivity contribution < 1.29 is 13.9 Å². The zero-order chi connectivity index (χ0) is 15.1. The first-order chi connectivity index (χ1) is 10.1. The Morgan fingerprint density at radius 1 is 1.14 bits per heavy atom. The number of halogens is 1. The van der Waals surface area contributed by atoms with E-state index in [1.165, 1.54) is 12.1 Å². The third-order valence-corrected chi connectivity index (χ3v) is 3.16. The highest BCUT2D eigenvalue weighted by Crippen LogP contribution is 2.14. The predicted octanol–water partition coefficient (Wildman–Crippen LogP) is 3.12. The summed E-state index contributed by atoms with van der Waals surface area (Å²) in [6.45, 7) is 2.45. The molecule has 0 aliphatic heterocycles. The van der Waals surface area contributed by atoms with Crippen LogP contribution in [0.2, 0.25) is 0 Å². The van der Waals surface area contributed by atoms with Gasteiger partial charge in [-0.3, -0.25) is 4.79 Å². The van der Waals surface area contributed by atoms with E-state index < -0.39 is 0 Å². The normalized spacial score (nSPS) is 11.7. The number of rotatable bonds is 6. The topological polar surface area (TPSA) is 38.3 Å². The van der Waals surface area contributed by atoms with E-state index in [0.29, 0.717) is 12.3 Å². The zero-order valence-electron chi connectivity index (χ0n) is 11.9. The van der Waals surface area contributed by atoms with Gasteiger partial charge in [-0.1, -0.05) is 37.3 Å². The summed E-state index contributed by atoms with van der Waals surface area (Å²) in [4.78, 5) is 11.7. The van der Waals surface area contributed by atoms with E-state index in [1.54, 1.807) is 24.3 Å². The summed E-state index contributed by atoms with van der Waals surface area (Å²) >= 11 is 0. The van der Waals surface area contributed by atoms with E-state index in [0.717, 1.165) is 5.56 Å². The van der Waals surface area contributed by atoms with E-state index >= 15 is 0 Å². The molecule has 2 aromatic carbocycles. The van der Waals surface area contributed by atoms with Crippen LogP contribution in [0.3, 0.4) is 0 Å². The third-order valence-electron chi connectivity index (χ3n) is 3.16. The lowest BCUT2D eigenvalue weighted by Gasteiger charge is -2.13. The quantitative estimate of drug-likeness (QED) is 0.886. The van der Waals surface area contributed by atoms with Crippen molar-refractivity contribution in [3.05, 3.63) is 66.0 Å². The lowest BCUT2D eigenvalue weighted by atomic mass is 10.0. The van der Waals surface area contributed by atoms with Crippen LogP contribution in [0.5, 0.6) is 5.75 Å². The molecule has 0 aliphatic rings. The van der Waals surface area contributed by atoms with E-state index in [4.69, 9.17) is 4.74 Å². The molecule has 110 valence electrons. The van der Waals surface area contributed by atoms with E-state index in [-0.39, 0.29) is 24.2 Å². The van der Waals surface area contributed by atoms with Gasteiger partial charge in [0.1, 0.15) is 11.6 Å². The molecule has 0 radical (unpaired) electrons. The average Bonchev–Trinajstić information content (AvgIpc) is 2.52. The molecule has 2 aromatic rings. The Kier molecular flexibility index (Phi) is 5.32. The molecule has 1 amide bonds. The van der Waals surface area contributed by atoms with Gasteiger partial charge in [0.05, 0.1) is 0 Å². The molecule has 21 heavy (non-hydrogen) atoms. The van der Waals surface area contributed by atoms with E-state index in [9.17, 15) is 9.18 Å². The second kappa shape index (κ2) is 7.43. The van der Waals surface area contributed by atoms with Gasteiger partial charge < -0.3 is 10.1 Å². The van der Waals surface area contributed by atoms with Gasteiger partial charge in [-0.15, -0.1) is 0 Å². The molecule has 0 aliphatic carbocycles. The zero-order valence-corrected chi connectivity index (χ0v) is 11.9. The molecular formula is C17H18FNO2. The Balaban J connectivity index is 1.74. The summed E-state index contributed by atoms with van der Waals surface area (Å²) < 4.78 is 18.2. The number of nitrogens with one attached hydrogen (secondary N) is 1. The molecule has 1 unspecified atom stereocenters. The maximum absolute atomic E-state index is 12.8. The minimum atomic E-state index is -0.258. The number of amides is 1. The summed E-state index contributed by atoms with van der Waals surface area (Å²) in [5.74, 6) is 0.351. The molecule has 0 spiro atoms. The van der Waals surface area contributed by atoms with Crippen LogP contribution in [0.4, 0.5) is 4.39 Å². The number of carbonyl (C=O) groups is 1. The highest BCUT2D eigenvalue weighted by molar-refractivity contribution is 5.77. The minimum absolute atomic E-state index is 0.0137. The van der Waals surface area contributed by atoms with Crippen molar-refractivity contribution in [2.75, 3.05) is 13.2 Å². The molecule has 2 rings (SSSR count). The van der Waals surface area contributed by atoms with E-state index in [1.807, 2.05) is 25.1 Å². The molecule has 3 nitrogen and oxygen atoms in total. The van der Waals surface area contributed by atoms with Crippen molar-refractivity contribution in [1.29, 1.82) is 0 Å². The number of benzene rings is 2. The van der Waals surface area contributed by atoms with Crippen molar-refractivity contribution >= 4 is 5.91 Å². The van der Waals surface area contributed by atoms with Crippen LogP contribution in [-0.4, -0.2) is 19.1 Å². The molecule has 4 heteroatoms. The fourth-order valence-electron chi connectivity index (χ4n) is 1.89. The van der Waals surface area contributed by atoms with Crippen LogP contribution < -0.4 is 10.1 Å². The Morgan fingerprint density at radius 3 is 2.48 bits per heavy atom. The fourth-order valence-corrected chi connectivity index (χ4v) is 1.89. The van der Waals surface area contributed by atoms with Gasteiger partial charge in [0, 0.05) is 6.54 Å². The average molecular weight is 287 g/mol. The Hall–Kier alpha value is -2.36. The van der Waals surface area contributed by atoms with Gasteiger partial charge >= 0.3 is 0 Å². The number of hydrogen-bond acceptors (Lipinski definition) is 2. The highest BCUT2D eigenvalue weighted by atomic mass is 19.1. The molecule has 1 N–H and O–H groups in total. The lowest BCUT2D eigenvalue weighted by molar-refractivity contribution is -0.123. The SMILES string of the molecule is CC(CNC(=O)COc1ccccc1)c1ccc(F)cc1. The molecular weight excluding hydrogens is 269 g/mol. The maximum Gasteiger partial charge on any atom is 0.257 e. The molecule has 0 bridgehead atoms. The van der Waals surface area contributed by atoms with Gasteiger partial charge in [0.2, 0.25) is 0 Å². The summed E-state index contributed by atoms with van der Waals surface area (Å²) in [7, 11) is 0. The van der Waals surface area contributed by atoms with Crippen LogP contribution >= 0.6 is 0 Å². The first kappa shape index (κ1) is 15.0. The third kappa shape index (κ3) is 4.91. The van der Waals surface area contributed by atoms with Gasteiger partial charge in [0.15, 0.2) is 6.61 Å². The van der Waals surface area contributed by atoms with Crippen molar-refractivity contribution in [2.24, 2.45) is 0 Å². The molecule has 0 fully saturated rings. The lowest BCUT2D eigenvalue weighted by Crippen LogP contribution is -2.31. The molecule has 0 heterocycles. The fraction of sp³-hybridized carbons (Fsp3) is 0.235. The standard InChI is InChI=1S/C17H18FNO2/c1-13(14-7-9-15(18)10-8-14)11-19-17(20)12-21-16-5-3-2-4-6-16/h2-10,13H,11-12H2,1H3,(H,19,20). The van der Waals surface area contributed by atoms with E-state index in [2.05, 4.69) is 5.32 Å². The smallest absolute Gasteiger partial charge is 0.257 e. The van der Waals surface area contributed by atoms with Crippen LogP contribution in [-0.2, 0) is 4.79 Å². The number of hydrogen-bond donors (Lipinski definition) is 1. The summed E-state index contributed by atoms with van der Waals surface area (Å²) in [6.07, 6.45) is 0. The second-order valence-corrected chi connectivity index (χ2v) is 4.86. The van der Waals surface area contributed by atoms with Crippen LogP contribution in [0.15, 0.2) is 54.6 Å². The Morgan fingerprint density at radius 2 is 1.81 bits per heavy atom. The number of para-hydroxylation sites is 1. The summed E-state index contributed by atoms with van der Waals surface area (Å²) in [6, 6.07) is 15.5. The monoisotopic (exact) mass is 287 g/mol. The number of carbonyl (C=O) groups excluding carboxylic acids is 1.